The van der Waals surface area contributed by atoms with Gasteiger partial charge >= 0.3 is 0 Å². The number of epoxide rings is 1. The third-order valence-electron chi connectivity index (χ3n) is 1.84. The van der Waals surface area contributed by atoms with Crippen LogP contribution in [0.25, 0.3) is 0 Å². The van der Waals surface area contributed by atoms with Gasteiger partial charge in [-0.25, -0.2) is 0 Å². The summed E-state index contributed by atoms with van der Waals surface area (Å²) < 4.78 is 5.30. The molecule has 1 aliphatic rings. The van der Waals surface area contributed by atoms with Gasteiger partial charge in [-0.1, -0.05) is 30.3 Å². The van der Waals surface area contributed by atoms with Crippen molar-refractivity contribution in [2.75, 3.05) is 0 Å². The molecule has 1 aliphatic heterocycles. The molecule has 1 nitrogen and oxygen atoms in total. The molecule has 52 valence electrons. The van der Waals surface area contributed by atoms with Crippen molar-refractivity contribution in [3.63, 3.8) is 0 Å². The number of rotatable bonds is 1. The third-order valence-corrected chi connectivity index (χ3v) is 1.84. The highest BCUT2D eigenvalue weighted by molar-refractivity contribution is 5.21. The Kier molecular flexibility index (Phi) is 1.24. The van der Waals surface area contributed by atoms with Crippen LogP contribution in [0.3, 0.4) is 0 Å². The smallest absolute Gasteiger partial charge is 0.109 e. The van der Waals surface area contributed by atoms with Gasteiger partial charge in [0.25, 0.3) is 0 Å². The minimum absolute atomic E-state index is 0.376. The molecule has 0 amide bonds. The summed E-state index contributed by atoms with van der Waals surface area (Å²) in [6, 6.07) is 10.3. The van der Waals surface area contributed by atoms with Crippen LogP contribution in [0.4, 0.5) is 0 Å². The number of ether oxygens (including phenoxy) is 1. The molecule has 1 heterocycles. The van der Waals surface area contributed by atoms with E-state index >= 15 is 0 Å². The molecule has 1 heteroatoms. The summed E-state index contributed by atoms with van der Waals surface area (Å²) in [5, 5.41) is 0. The van der Waals surface area contributed by atoms with Gasteiger partial charge in [0, 0.05) is 0 Å². The van der Waals surface area contributed by atoms with Gasteiger partial charge in [-0.2, -0.15) is 0 Å². The normalized spacial score (nSPS) is 30.1. The third kappa shape index (κ3) is 0.929. The Morgan fingerprint density at radius 1 is 1.20 bits per heavy atom. The zero-order chi connectivity index (χ0) is 6.97. The number of benzene rings is 1. The molecule has 0 saturated carbocycles. The van der Waals surface area contributed by atoms with E-state index in [4.69, 9.17) is 4.74 Å². The number of hydrogen-bond acceptors (Lipinski definition) is 1. The van der Waals surface area contributed by atoms with Gasteiger partial charge in [0.2, 0.25) is 0 Å². The highest BCUT2D eigenvalue weighted by Gasteiger charge is 2.35. The highest BCUT2D eigenvalue weighted by atomic mass is 16.6. The van der Waals surface area contributed by atoms with Crippen molar-refractivity contribution < 1.29 is 4.74 Å². The minimum Gasteiger partial charge on any atom is -0.365 e. The quantitative estimate of drug-likeness (QED) is 0.536. The Morgan fingerprint density at radius 3 is 2.30 bits per heavy atom. The zero-order valence-corrected chi connectivity index (χ0v) is 5.95. The van der Waals surface area contributed by atoms with Crippen LogP contribution in [0.5, 0.6) is 0 Å². The fourth-order valence-corrected chi connectivity index (χ4v) is 1.18. The Balaban J connectivity index is 2.20. The Labute approximate surface area is 60.6 Å². The van der Waals surface area contributed by atoms with E-state index in [2.05, 4.69) is 19.1 Å². The lowest BCUT2D eigenvalue weighted by atomic mass is 10.1. The van der Waals surface area contributed by atoms with Gasteiger partial charge in [0.15, 0.2) is 0 Å². The van der Waals surface area contributed by atoms with Crippen molar-refractivity contribution in [1.82, 2.24) is 0 Å². The lowest BCUT2D eigenvalue weighted by Gasteiger charge is -1.90. The first-order valence-electron chi connectivity index (χ1n) is 3.58. The van der Waals surface area contributed by atoms with Crippen LogP contribution in [0.1, 0.15) is 18.6 Å². The van der Waals surface area contributed by atoms with Crippen LogP contribution in [0.2, 0.25) is 0 Å². The molecule has 0 aromatic heterocycles. The monoisotopic (exact) mass is 134 g/mol. The second kappa shape index (κ2) is 2.10. The maximum atomic E-state index is 5.30. The molecular weight excluding hydrogens is 124 g/mol. The maximum Gasteiger partial charge on any atom is 0.109 e. The van der Waals surface area contributed by atoms with E-state index in [1.165, 1.54) is 5.56 Å². The van der Waals surface area contributed by atoms with Crippen molar-refractivity contribution >= 4 is 0 Å². The molecule has 2 atom stereocenters. The first-order valence-corrected chi connectivity index (χ1v) is 3.58. The van der Waals surface area contributed by atoms with Crippen molar-refractivity contribution in [2.24, 2.45) is 0 Å². The van der Waals surface area contributed by atoms with Gasteiger partial charge in [0.1, 0.15) is 6.10 Å². The van der Waals surface area contributed by atoms with Crippen molar-refractivity contribution in [1.29, 1.82) is 0 Å². The summed E-state index contributed by atoms with van der Waals surface area (Å²) >= 11 is 0. The van der Waals surface area contributed by atoms with Gasteiger partial charge in [0.05, 0.1) is 6.10 Å². The second-order valence-corrected chi connectivity index (χ2v) is 2.67. The summed E-state index contributed by atoms with van der Waals surface area (Å²) in [5.41, 5.74) is 1.30. The molecule has 1 fully saturated rings. The molecule has 0 aliphatic carbocycles. The van der Waals surface area contributed by atoms with E-state index in [9.17, 15) is 0 Å². The van der Waals surface area contributed by atoms with Crippen molar-refractivity contribution in [3.8, 4) is 0 Å². The van der Waals surface area contributed by atoms with E-state index in [1.54, 1.807) is 0 Å². The van der Waals surface area contributed by atoms with Crippen molar-refractivity contribution in [2.45, 2.75) is 19.1 Å². The fraction of sp³-hybridized carbons (Fsp3) is 0.333. The van der Waals surface area contributed by atoms with E-state index in [1.807, 2.05) is 18.2 Å². The Morgan fingerprint density at radius 2 is 1.80 bits per heavy atom. The SMILES string of the molecule is CC1O[C@H]1c1ccccc1. The van der Waals surface area contributed by atoms with E-state index in [0.717, 1.165) is 0 Å². The number of hydrogen-bond donors (Lipinski definition) is 0. The van der Waals surface area contributed by atoms with E-state index in [-0.39, 0.29) is 0 Å². The average molecular weight is 134 g/mol. The van der Waals surface area contributed by atoms with E-state index in [0.29, 0.717) is 12.2 Å². The fourth-order valence-electron chi connectivity index (χ4n) is 1.18. The summed E-state index contributed by atoms with van der Waals surface area (Å²) in [5.74, 6) is 0. The van der Waals surface area contributed by atoms with E-state index < -0.39 is 0 Å². The molecular formula is C9H10O. The molecule has 0 N–H and O–H groups in total. The molecule has 1 unspecified atom stereocenters. The van der Waals surface area contributed by atoms with Crippen LogP contribution < -0.4 is 0 Å². The lowest BCUT2D eigenvalue weighted by molar-refractivity contribution is 0.383. The molecule has 2 rings (SSSR count). The largest absolute Gasteiger partial charge is 0.365 e. The summed E-state index contributed by atoms with van der Waals surface area (Å²) in [4.78, 5) is 0. The predicted molar refractivity (Wildman–Crippen MR) is 39.7 cm³/mol. The zero-order valence-electron chi connectivity index (χ0n) is 5.95. The van der Waals surface area contributed by atoms with Crippen LogP contribution in [-0.2, 0) is 4.74 Å². The second-order valence-electron chi connectivity index (χ2n) is 2.67. The topological polar surface area (TPSA) is 12.5 Å². The summed E-state index contributed by atoms with van der Waals surface area (Å²) in [7, 11) is 0. The molecule has 0 radical (unpaired) electrons. The Hall–Kier alpha value is -0.820. The van der Waals surface area contributed by atoms with Gasteiger partial charge in [-0.15, -0.1) is 0 Å². The molecule has 10 heavy (non-hydrogen) atoms. The highest BCUT2D eigenvalue weighted by Crippen LogP contribution is 2.37. The van der Waals surface area contributed by atoms with Gasteiger partial charge in [-0.3, -0.25) is 0 Å². The predicted octanol–water partition coefficient (Wildman–Crippen LogP) is 2.15. The lowest BCUT2D eigenvalue weighted by Crippen LogP contribution is -1.80. The average Bonchev–Trinajstić information content (AvgIpc) is 2.69. The summed E-state index contributed by atoms with van der Waals surface area (Å²) in [6.07, 6.45) is 0.809. The van der Waals surface area contributed by atoms with Crippen LogP contribution >= 0.6 is 0 Å². The van der Waals surface area contributed by atoms with Gasteiger partial charge in [-0.05, 0) is 12.5 Å². The van der Waals surface area contributed by atoms with Crippen LogP contribution in [0.15, 0.2) is 30.3 Å². The minimum atomic E-state index is 0.376. The molecule has 1 aromatic rings. The Bertz CT molecular complexity index is 217. The molecule has 1 saturated heterocycles. The van der Waals surface area contributed by atoms with Crippen molar-refractivity contribution in [3.05, 3.63) is 35.9 Å². The summed E-state index contributed by atoms with van der Waals surface area (Å²) in [6.45, 7) is 2.09. The van der Waals surface area contributed by atoms with Crippen LogP contribution in [0, 0.1) is 0 Å². The first kappa shape index (κ1) is 5.93. The molecule has 1 aromatic carbocycles. The first-order chi connectivity index (χ1) is 4.88. The standard InChI is InChI=1S/C9H10O/c1-7-9(10-7)8-5-3-2-4-6-8/h2-7,9H,1H3/t7?,9-/m1/s1. The molecule has 0 spiro atoms. The van der Waals surface area contributed by atoms with Gasteiger partial charge < -0.3 is 4.74 Å². The maximum absolute atomic E-state index is 5.30. The van der Waals surface area contributed by atoms with Crippen LogP contribution in [-0.4, -0.2) is 6.10 Å². The molecule has 0 bridgehead atoms.